The monoisotopic (exact) mass is 215 g/mol. The minimum atomic E-state index is -0.505. The van der Waals surface area contributed by atoms with E-state index < -0.39 is 5.97 Å². The molecule has 1 rings (SSSR count). The van der Waals surface area contributed by atoms with Crippen molar-refractivity contribution in [3.8, 4) is 5.88 Å². The van der Waals surface area contributed by atoms with E-state index in [4.69, 9.17) is 16.3 Å². The quantitative estimate of drug-likeness (QED) is 0.707. The van der Waals surface area contributed by atoms with Gasteiger partial charge in [-0.15, -0.1) is 0 Å². The molecule has 1 heterocycles. The predicted octanol–water partition coefficient (Wildman–Crippen LogP) is 1.84. The van der Waals surface area contributed by atoms with Crippen LogP contribution in [0.2, 0.25) is 5.02 Å². The topological polar surface area (TPSA) is 48.4 Å². The zero-order chi connectivity index (χ0) is 10.7. The molecule has 0 amide bonds. The Hall–Kier alpha value is -1.29. The van der Waals surface area contributed by atoms with Gasteiger partial charge in [-0.1, -0.05) is 11.6 Å². The van der Waals surface area contributed by atoms with Crippen LogP contribution in [-0.4, -0.2) is 25.2 Å². The minimum Gasteiger partial charge on any atom is -0.480 e. The first-order chi connectivity index (χ1) is 6.61. The summed E-state index contributed by atoms with van der Waals surface area (Å²) in [4.78, 5) is 15.2. The van der Waals surface area contributed by atoms with Crippen LogP contribution < -0.4 is 4.74 Å². The molecule has 0 unspecified atom stereocenters. The van der Waals surface area contributed by atoms with Gasteiger partial charge in [0.25, 0.3) is 0 Å². The Labute approximate surface area is 86.8 Å². The van der Waals surface area contributed by atoms with Crippen LogP contribution in [0.5, 0.6) is 5.88 Å². The van der Waals surface area contributed by atoms with Gasteiger partial charge in [-0.3, -0.25) is 0 Å². The van der Waals surface area contributed by atoms with E-state index in [1.54, 1.807) is 6.92 Å². The lowest BCUT2D eigenvalue weighted by molar-refractivity contribution is 0.0595. The molecule has 0 aliphatic rings. The first-order valence-electron chi connectivity index (χ1n) is 3.89. The summed E-state index contributed by atoms with van der Waals surface area (Å²) in [6.07, 6.45) is 1.43. The summed E-state index contributed by atoms with van der Waals surface area (Å²) >= 11 is 5.82. The fourth-order valence-electron chi connectivity index (χ4n) is 1.05. The van der Waals surface area contributed by atoms with Crippen molar-refractivity contribution >= 4 is 17.6 Å². The van der Waals surface area contributed by atoms with Crippen molar-refractivity contribution in [2.75, 3.05) is 14.2 Å². The second-order valence-corrected chi connectivity index (χ2v) is 3.01. The van der Waals surface area contributed by atoms with E-state index in [1.807, 2.05) is 0 Å². The van der Waals surface area contributed by atoms with Gasteiger partial charge in [0.2, 0.25) is 5.88 Å². The van der Waals surface area contributed by atoms with Crippen LogP contribution >= 0.6 is 11.6 Å². The second-order valence-electron chi connectivity index (χ2n) is 2.61. The van der Waals surface area contributed by atoms with Crippen molar-refractivity contribution in [1.29, 1.82) is 0 Å². The van der Waals surface area contributed by atoms with Crippen molar-refractivity contribution in [2.24, 2.45) is 0 Å². The Bertz CT molecular complexity index is 365. The third-order valence-corrected chi connectivity index (χ3v) is 2.21. The molecule has 0 bridgehead atoms. The van der Waals surface area contributed by atoms with Gasteiger partial charge in [0, 0.05) is 6.20 Å². The maximum absolute atomic E-state index is 11.4. The number of halogens is 1. The lowest BCUT2D eigenvalue weighted by atomic mass is 10.1. The Morgan fingerprint density at radius 1 is 1.50 bits per heavy atom. The molecule has 5 heteroatoms. The van der Waals surface area contributed by atoms with Crippen LogP contribution in [-0.2, 0) is 4.74 Å². The number of nitrogens with zero attached hydrogens (tertiary/aromatic N) is 1. The van der Waals surface area contributed by atoms with Gasteiger partial charge in [-0.2, -0.15) is 0 Å². The number of carbonyl (C=O) groups is 1. The number of aromatic nitrogens is 1. The highest BCUT2D eigenvalue weighted by molar-refractivity contribution is 6.31. The standard InChI is InChI=1S/C9H10ClNO3/c1-5-6(10)4-11-8(13-2)7(5)9(12)14-3/h4H,1-3H3. The van der Waals surface area contributed by atoms with E-state index in [1.165, 1.54) is 20.4 Å². The van der Waals surface area contributed by atoms with Gasteiger partial charge in [-0.05, 0) is 12.5 Å². The highest BCUT2D eigenvalue weighted by Crippen LogP contribution is 2.25. The molecular formula is C9H10ClNO3. The Morgan fingerprint density at radius 3 is 2.64 bits per heavy atom. The average Bonchev–Trinajstić information content (AvgIpc) is 2.20. The van der Waals surface area contributed by atoms with E-state index in [-0.39, 0.29) is 11.4 Å². The number of pyridine rings is 1. The summed E-state index contributed by atoms with van der Waals surface area (Å²) in [5, 5.41) is 0.409. The van der Waals surface area contributed by atoms with Crippen molar-refractivity contribution in [1.82, 2.24) is 4.98 Å². The van der Waals surface area contributed by atoms with Gasteiger partial charge in [0.15, 0.2) is 0 Å². The molecule has 0 fully saturated rings. The number of methoxy groups -OCH3 is 2. The van der Waals surface area contributed by atoms with E-state index in [0.29, 0.717) is 10.6 Å². The normalized spacial score (nSPS) is 9.71. The second kappa shape index (κ2) is 4.28. The van der Waals surface area contributed by atoms with Crippen LogP contribution in [0.1, 0.15) is 15.9 Å². The zero-order valence-corrected chi connectivity index (χ0v) is 8.88. The number of rotatable bonds is 2. The Morgan fingerprint density at radius 2 is 2.14 bits per heavy atom. The van der Waals surface area contributed by atoms with E-state index in [2.05, 4.69) is 9.72 Å². The fourth-order valence-corrected chi connectivity index (χ4v) is 1.20. The van der Waals surface area contributed by atoms with Crippen molar-refractivity contribution in [3.05, 3.63) is 22.3 Å². The fraction of sp³-hybridized carbons (Fsp3) is 0.333. The number of ether oxygens (including phenoxy) is 2. The molecular weight excluding hydrogens is 206 g/mol. The summed E-state index contributed by atoms with van der Waals surface area (Å²) in [6, 6.07) is 0. The van der Waals surface area contributed by atoms with Crippen LogP contribution in [0.3, 0.4) is 0 Å². The zero-order valence-electron chi connectivity index (χ0n) is 8.13. The first-order valence-corrected chi connectivity index (χ1v) is 4.27. The summed E-state index contributed by atoms with van der Waals surface area (Å²) in [5.41, 5.74) is 0.868. The average molecular weight is 216 g/mol. The summed E-state index contributed by atoms with van der Waals surface area (Å²) in [6.45, 7) is 1.71. The number of carbonyl (C=O) groups excluding carboxylic acids is 1. The largest absolute Gasteiger partial charge is 0.480 e. The first kappa shape index (κ1) is 10.8. The number of hydrogen-bond acceptors (Lipinski definition) is 4. The SMILES string of the molecule is COC(=O)c1c(OC)ncc(Cl)c1C. The van der Waals surface area contributed by atoms with Crippen LogP contribution in [0.15, 0.2) is 6.20 Å². The molecule has 14 heavy (non-hydrogen) atoms. The molecule has 0 atom stereocenters. The minimum absolute atomic E-state index is 0.221. The third-order valence-electron chi connectivity index (χ3n) is 1.83. The number of hydrogen-bond donors (Lipinski definition) is 0. The molecule has 0 saturated heterocycles. The van der Waals surface area contributed by atoms with E-state index in [9.17, 15) is 4.79 Å². The van der Waals surface area contributed by atoms with Gasteiger partial charge in [0.05, 0.1) is 19.2 Å². The maximum Gasteiger partial charge on any atom is 0.343 e. The summed E-state index contributed by atoms with van der Waals surface area (Å²) < 4.78 is 9.53. The molecule has 0 aliphatic carbocycles. The molecule has 0 saturated carbocycles. The highest BCUT2D eigenvalue weighted by atomic mass is 35.5. The number of esters is 1. The van der Waals surface area contributed by atoms with Gasteiger partial charge >= 0.3 is 5.97 Å². The molecule has 4 nitrogen and oxygen atoms in total. The maximum atomic E-state index is 11.4. The smallest absolute Gasteiger partial charge is 0.343 e. The van der Waals surface area contributed by atoms with E-state index in [0.717, 1.165) is 0 Å². The molecule has 0 N–H and O–H groups in total. The lowest BCUT2D eigenvalue weighted by Crippen LogP contribution is -2.08. The molecule has 1 aromatic heterocycles. The van der Waals surface area contributed by atoms with Gasteiger partial charge in [0.1, 0.15) is 5.56 Å². The van der Waals surface area contributed by atoms with Crippen molar-refractivity contribution in [3.63, 3.8) is 0 Å². The van der Waals surface area contributed by atoms with Crippen LogP contribution in [0.4, 0.5) is 0 Å². The van der Waals surface area contributed by atoms with Crippen molar-refractivity contribution < 1.29 is 14.3 Å². The lowest BCUT2D eigenvalue weighted by Gasteiger charge is -2.09. The molecule has 0 spiro atoms. The predicted molar refractivity (Wildman–Crippen MR) is 51.9 cm³/mol. The van der Waals surface area contributed by atoms with E-state index >= 15 is 0 Å². The highest BCUT2D eigenvalue weighted by Gasteiger charge is 2.18. The van der Waals surface area contributed by atoms with Gasteiger partial charge in [-0.25, -0.2) is 9.78 Å². The van der Waals surface area contributed by atoms with Crippen molar-refractivity contribution in [2.45, 2.75) is 6.92 Å². The molecule has 1 aromatic rings. The molecule has 0 radical (unpaired) electrons. The summed E-state index contributed by atoms with van der Waals surface area (Å²) in [7, 11) is 2.73. The third kappa shape index (κ3) is 1.80. The molecule has 0 aromatic carbocycles. The van der Waals surface area contributed by atoms with Gasteiger partial charge < -0.3 is 9.47 Å². The Balaban J connectivity index is 3.35. The summed E-state index contributed by atoms with van der Waals surface area (Å²) in [5.74, 6) is -0.284. The molecule has 0 aliphatic heterocycles. The Kier molecular flexibility index (Phi) is 3.30. The molecule has 76 valence electrons. The van der Waals surface area contributed by atoms with Crippen LogP contribution in [0, 0.1) is 6.92 Å². The van der Waals surface area contributed by atoms with Crippen LogP contribution in [0.25, 0.3) is 0 Å².